The van der Waals surface area contributed by atoms with E-state index in [2.05, 4.69) is 51.3 Å². The molecule has 2 bridgehead atoms. The van der Waals surface area contributed by atoms with Gasteiger partial charge < -0.3 is 14.4 Å². The van der Waals surface area contributed by atoms with Crippen molar-refractivity contribution in [2.75, 3.05) is 40.0 Å². The average molecular weight is 515 g/mol. The van der Waals surface area contributed by atoms with Gasteiger partial charge in [-0.1, -0.05) is 49.6 Å². The van der Waals surface area contributed by atoms with Crippen molar-refractivity contribution in [3.63, 3.8) is 0 Å². The molecule has 5 rings (SSSR count). The molecule has 3 aromatic rings. The van der Waals surface area contributed by atoms with Gasteiger partial charge in [0.1, 0.15) is 18.7 Å². The summed E-state index contributed by atoms with van der Waals surface area (Å²) in [5.41, 5.74) is 5.57. The topological polar surface area (TPSA) is 67.8 Å². The molecule has 1 saturated carbocycles. The van der Waals surface area contributed by atoms with Gasteiger partial charge in [-0.05, 0) is 47.2 Å². The molecule has 38 heavy (non-hydrogen) atoms. The highest BCUT2D eigenvalue weighted by Gasteiger charge is 2.23. The minimum atomic E-state index is 0.198. The number of nitrogens with zero attached hydrogens (tertiary/aromatic N) is 4. The van der Waals surface area contributed by atoms with Gasteiger partial charge in [0, 0.05) is 50.6 Å². The third-order valence-electron chi connectivity index (χ3n) is 7.66. The normalized spacial score (nSPS) is 17.6. The summed E-state index contributed by atoms with van der Waals surface area (Å²) in [7, 11) is 1.98. The minimum absolute atomic E-state index is 0.198. The van der Waals surface area contributed by atoms with Crippen molar-refractivity contribution < 1.29 is 14.3 Å². The molecule has 0 N–H and O–H groups in total. The summed E-state index contributed by atoms with van der Waals surface area (Å²) in [6, 6.07) is 15.3. The Labute approximate surface area is 225 Å². The second kappa shape index (κ2) is 13.0. The maximum Gasteiger partial charge on any atom is 0.236 e. The number of carbonyl (C=O) groups is 1. The Morgan fingerprint density at radius 3 is 2.63 bits per heavy atom. The molecule has 1 amide bonds. The zero-order valence-electron chi connectivity index (χ0n) is 22.3. The van der Waals surface area contributed by atoms with Gasteiger partial charge in [-0.25, -0.2) is 9.97 Å². The van der Waals surface area contributed by atoms with Crippen LogP contribution in [0.4, 0.5) is 0 Å². The van der Waals surface area contributed by atoms with Crippen LogP contribution < -0.4 is 4.74 Å². The molecule has 2 aromatic carbocycles. The summed E-state index contributed by atoms with van der Waals surface area (Å²) in [4.78, 5) is 25.8. The van der Waals surface area contributed by atoms with Gasteiger partial charge in [-0.3, -0.25) is 9.69 Å². The summed E-state index contributed by atoms with van der Waals surface area (Å²) in [6.07, 6.45) is 11.9. The molecule has 7 heteroatoms. The maximum atomic E-state index is 13.2. The van der Waals surface area contributed by atoms with Crippen molar-refractivity contribution in [3.8, 4) is 16.9 Å². The Morgan fingerprint density at radius 1 is 0.974 bits per heavy atom. The smallest absolute Gasteiger partial charge is 0.236 e. The fraction of sp³-hybridized carbons (Fsp3) is 0.452. The van der Waals surface area contributed by atoms with E-state index in [1.807, 2.05) is 30.4 Å². The molecular formula is C31H38N4O3. The Hall–Kier alpha value is -3.29. The van der Waals surface area contributed by atoms with E-state index in [9.17, 15) is 4.79 Å². The molecule has 1 aliphatic heterocycles. The fourth-order valence-electron chi connectivity index (χ4n) is 5.50. The van der Waals surface area contributed by atoms with E-state index in [1.165, 1.54) is 30.4 Å². The van der Waals surface area contributed by atoms with Crippen LogP contribution in [0.5, 0.6) is 5.75 Å². The summed E-state index contributed by atoms with van der Waals surface area (Å²) in [5, 5.41) is 0. The molecule has 1 aromatic heterocycles. The van der Waals surface area contributed by atoms with Crippen LogP contribution >= 0.6 is 0 Å². The van der Waals surface area contributed by atoms with Crippen LogP contribution in [0, 0.1) is 0 Å². The predicted molar refractivity (Wildman–Crippen MR) is 148 cm³/mol. The zero-order valence-corrected chi connectivity index (χ0v) is 22.3. The van der Waals surface area contributed by atoms with E-state index < -0.39 is 0 Å². The van der Waals surface area contributed by atoms with Crippen LogP contribution in [0.15, 0.2) is 61.2 Å². The Balaban J connectivity index is 1.34. The minimum Gasteiger partial charge on any atom is -0.491 e. The third-order valence-corrected chi connectivity index (χ3v) is 7.66. The lowest BCUT2D eigenvalue weighted by Gasteiger charge is -2.33. The van der Waals surface area contributed by atoms with Gasteiger partial charge in [0.25, 0.3) is 0 Å². The number of aromatic nitrogens is 2. The van der Waals surface area contributed by atoms with Gasteiger partial charge in [-0.15, -0.1) is 0 Å². The van der Waals surface area contributed by atoms with Crippen molar-refractivity contribution >= 4 is 5.91 Å². The standard InChI is InChI=1S/C31H38N4O3/c1-34(29-8-3-2-4-9-29)31(36)22-35-12-13-37-14-15-38-30-11-10-26(28-19-32-23-33-20-28)18-27(30)17-24-6-5-7-25(16-24)21-35/h5-7,10-11,16,18-20,23,29H,2-4,8-9,12-15,17,21-22H2,1H3. The zero-order chi connectivity index (χ0) is 26.2. The first kappa shape index (κ1) is 26.3. The SMILES string of the molecule is CN(C(=O)CN1CCOCCOc2ccc(-c3cncnc3)cc2Cc2cccc(c2)C1)C1CCCCC1. The number of benzene rings is 2. The summed E-state index contributed by atoms with van der Waals surface area (Å²) >= 11 is 0. The Morgan fingerprint density at radius 2 is 1.79 bits per heavy atom. The number of hydrogen-bond acceptors (Lipinski definition) is 6. The number of rotatable bonds is 4. The quantitative estimate of drug-likeness (QED) is 0.501. The number of amides is 1. The first-order valence-corrected chi connectivity index (χ1v) is 13.8. The number of carbonyl (C=O) groups excluding carboxylic acids is 1. The molecular weight excluding hydrogens is 476 g/mol. The lowest BCUT2D eigenvalue weighted by Crippen LogP contribution is -2.44. The number of likely N-dealkylation sites (N-methyl/N-ethyl adjacent to an activating group) is 1. The first-order valence-electron chi connectivity index (χ1n) is 13.8. The monoisotopic (exact) mass is 514 g/mol. The number of ether oxygens (including phenoxy) is 2. The van der Waals surface area contributed by atoms with Crippen LogP contribution in [0.3, 0.4) is 0 Å². The van der Waals surface area contributed by atoms with E-state index in [1.54, 1.807) is 6.33 Å². The molecule has 7 nitrogen and oxygen atoms in total. The van der Waals surface area contributed by atoms with Crippen LogP contribution in [0.2, 0.25) is 0 Å². The lowest BCUT2D eigenvalue weighted by molar-refractivity contribution is -0.134. The average Bonchev–Trinajstić information content (AvgIpc) is 2.95. The van der Waals surface area contributed by atoms with Crippen molar-refractivity contribution in [2.24, 2.45) is 0 Å². The van der Waals surface area contributed by atoms with Gasteiger partial charge in [0.15, 0.2) is 0 Å². The maximum absolute atomic E-state index is 13.2. The molecule has 1 aliphatic carbocycles. The number of fused-ring (bicyclic) bond motifs is 3. The molecule has 2 aliphatic rings. The first-order chi connectivity index (χ1) is 18.7. The summed E-state index contributed by atoms with van der Waals surface area (Å²) < 4.78 is 12.1. The van der Waals surface area contributed by atoms with Crippen molar-refractivity contribution in [2.45, 2.75) is 51.1 Å². The van der Waals surface area contributed by atoms with Gasteiger partial charge in [0.05, 0.1) is 19.8 Å². The molecule has 0 atom stereocenters. The molecule has 0 spiro atoms. The highest BCUT2D eigenvalue weighted by molar-refractivity contribution is 5.78. The second-order valence-electron chi connectivity index (χ2n) is 10.4. The summed E-state index contributed by atoms with van der Waals surface area (Å²) in [5.74, 6) is 1.07. The van der Waals surface area contributed by atoms with Crippen LogP contribution in [-0.4, -0.2) is 71.7 Å². The van der Waals surface area contributed by atoms with E-state index in [4.69, 9.17) is 9.47 Å². The van der Waals surface area contributed by atoms with Crippen molar-refractivity contribution in [3.05, 3.63) is 77.9 Å². The van der Waals surface area contributed by atoms with E-state index >= 15 is 0 Å². The fourth-order valence-corrected chi connectivity index (χ4v) is 5.50. The highest BCUT2D eigenvalue weighted by Crippen LogP contribution is 2.29. The van der Waals surface area contributed by atoms with Gasteiger partial charge in [0.2, 0.25) is 5.91 Å². The molecule has 200 valence electrons. The Bertz CT molecular complexity index is 1200. The second-order valence-corrected chi connectivity index (χ2v) is 10.4. The van der Waals surface area contributed by atoms with E-state index in [-0.39, 0.29) is 5.91 Å². The number of hydrogen-bond donors (Lipinski definition) is 0. The molecule has 1 fully saturated rings. The van der Waals surface area contributed by atoms with Crippen molar-refractivity contribution in [1.29, 1.82) is 0 Å². The van der Waals surface area contributed by atoms with Gasteiger partial charge in [-0.2, -0.15) is 0 Å². The third kappa shape index (κ3) is 6.97. The Kier molecular flexibility index (Phi) is 8.99. The largest absolute Gasteiger partial charge is 0.491 e. The van der Waals surface area contributed by atoms with Crippen LogP contribution in [0.1, 0.15) is 48.8 Å². The molecule has 2 heterocycles. The summed E-state index contributed by atoms with van der Waals surface area (Å²) in [6.45, 7) is 3.36. The van der Waals surface area contributed by atoms with Gasteiger partial charge >= 0.3 is 0 Å². The molecule has 0 saturated heterocycles. The van der Waals surface area contributed by atoms with Crippen molar-refractivity contribution in [1.82, 2.24) is 19.8 Å². The highest BCUT2D eigenvalue weighted by atomic mass is 16.5. The van der Waals surface area contributed by atoms with E-state index in [0.717, 1.165) is 41.7 Å². The lowest BCUT2D eigenvalue weighted by atomic mass is 9.94. The predicted octanol–water partition coefficient (Wildman–Crippen LogP) is 4.74. The van der Waals surface area contributed by atoms with E-state index in [0.29, 0.717) is 45.5 Å². The van der Waals surface area contributed by atoms with Crippen LogP contribution in [0.25, 0.3) is 11.1 Å². The van der Waals surface area contributed by atoms with Crippen LogP contribution in [-0.2, 0) is 22.5 Å². The molecule has 0 radical (unpaired) electrons. The molecule has 0 unspecified atom stereocenters.